The Bertz CT molecular complexity index is 95.9. The highest BCUT2D eigenvalue weighted by molar-refractivity contribution is 4.74. The lowest BCUT2D eigenvalue weighted by Gasteiger charge is -2.25. The van der Waals surface area contributed by atoms with Gasteiger partial charge in [0.05, 0.1) is 12.2 Å². The van der Waals surface area contributed by atoms with Crippen LogP contribution in [-0.4, -0.2) is 34.1 Å². The minimum Gasteiger partial charge on any atom is -0.396 e. The van der Waals surface area contributed by atoms with Crippen molar-refractivity contribution in [1.82, 2.24) is 0 Å². The zero-order valence-corrected chi connectivity index (χ0v) is 7.90. The van der Waals surface area contributed by atoms with Gasteiger partial charge in [-0.15, -0.1) is 0 Å². The SMILES string of the molecule is CCC(O)C(CCO)C(O)CC. The van der Waals surface area contributed by atoms with E-state index in [9.17, 15) is 10.2 Å². The number of rotatable bonds is 6. The van der Waals surface area contributed by atoms with Crippen molar-refractivity contribution in [3.05, 3.63) is 0 Å². The lowest BCUT2D eigenvalue weighted by Crippen LogP contribution is -2.31. The summed E-state index contributed by atoms with van der Waals surface area (Å²) < 4.78 is 0. The van der Waals surface area contributed by atoms with Crippen molar-refractivity contribution in [3.63, 3.8) is 0 Å². The summed E-state index contributed by atoms with van der Waals surface area (Å²) in [5.74, 6) is -0.176. The third kappa shape index (κ3) is 3.52. The zero-order valence-electron chi connectivity index (χ0n) is 7.90. The van der Waals surface area contributed by atoms with Crippen LogP contribution in [0.15, 0.2) is 0 Å². The molecule has 0 rings (SSSR count). The molecule has 0 spiro atoms. The largest absolute Gasteiger partial charge is 0.396 e. The van der Waals surface area contributed by atoms with Gasteiger partial charge in [-0.3, -0.25) is 0 Å². The second-order valence-corrected chi connectivity index (χ2v) is 3.13. The normalized spacial score (nSPS) is 18.8. The van der Waals surface area contributed by atoms with Gasteiger partial charge in [-0.2, -0.15) is 0 Å². The van der Waals surface area contributed by atoms with Crippen LogP contribution in [0.4, 0.5) is 0 Å². The van der Waals surface area contributed by atoms with Gasteiger partial charge in [-0.25, -0.2) is 0 Å². The maximum atomic E-state index is 9.48. The van der Waals surface area contributed by atoms with E-state index >= 15 is 0 Å². The first-order valence-corrected chi connectivity index (χ1v) is 4.64. The average molecular weight is 176 g/mol. The summed E-state index contributed by atoms with van der Waals surface area (Å²) in [5.41, 5.74) is 0. The molecule has 0 aromatic rings. The number of aliphatic hydroxyl groups excluding tert-OH is 3. The highest BCUT2D eigenvalue weighted by atomic mass is 16.3. The van der Waals surface area contributed by atoms with E-state index in [1.165, 1.54) is 0 Å². The van der Waals surface area contributed by atoms with Crippen molar-refractivity contribution >= 4 is 0 Å². The molecule has 0 saturated carbocycles. The Hall–Kier alpha value is -0.120. The van der Waals surface area contributed by atoms with Gasteiger partial charge in [-0.1, -0.05) is 13.8 Å². The molecule has 2 atom stereocenters. The zero-order chi connectivity index (χ0) is 9.56. The molecule has 0 aliphatic rings. The van der Waals surface area contributed by atoms with Crippen LogP contribution in [0.25, 0.3) is 0 Å². The number of aliphatic hydroxyl groups is 3. The third-order valence-electron chi connectivity index (χ3n) is 2.29. The molecule has 3 heteroatoms. The summed E-state index contributed by atoms with van der Waals surface area (Å²) in [6, 6.07) is 0. The molecule has 0 bridgehead atoms. The van der Waals surface area contributed by atoms with E-state index in [4.69, 9.17) is 5.11 Å². The van der Waals surface area contributed by atoms with Gasteiger partial charge in [0, 0.05) is 12.5 Å². The van der Waals surface area contributed by atoms with Gasteiger partial charge in [0.25, 0.3) is 0 Å². The van der Waals surface area contributed by atoms with Crippen molar-refractivity contribution in [2.75, 3.05) is 6.61 Å². The Morgan fingerprint density at radius 3 is 1.67 bits per heavy atom. The molecule has 0 radical (unpaired) electrons. The van der Waals surface area contributed by atoms with E-state index in [2.05, 4.69) is 0 Å². The Morgan fingerprint density at radius 1 is 1.00 bits per heavy atom. The molecule has 0 aliphatic carbocycles. The molecule has 0 aliphatic heterocycles. The standard InChI is InChI=1S/C9H20O3/c1-3-8(11)7(5-6-10)9(12)4-2/h7-12H,3-6H2,1-2H3. The number of hydrogen-bond donors (Lipinski definition) is 3. The molecule has 3 nitrogen and oxygen atoms in total. The van der Waals surface area contributed by atoms with Crippen molar-refractivity contribution < 1.29 is 15.3 Å². The summed E-state index contributed by atoms with van der Waals surface area (Å²) in [4.78, 5) is 0. The van der Waals surface area contributed by atoms with E-state index in [0.717, 1.165) is 0 Å². The maximum Gasteiger partial charge on any atom is 0.0591 e. The highest BCUT2D eigenvalue weighted by Gasteiger charge is 2.23. The van der Waals surface area contributed by atoms with Crippen LogP contribution >= 0.6 is 0 Å². The van der Waals surface area contributed by atoms with E-state index in [0.29, 0.717) is 19.3 Å². The Morgan fingerprint density at radius 2 is 1.42 bits per heavy atom. The van der Waals surface area contributed by atoms with Crippen LogP contribution in [0.1, 0.15) is 33.1 Å². The lowest BCUT2D eigenvalue weighted by atomic mass is 9.90. The van der Waals surface area contributed by atoms with Crippen molar-refractivity contribution in [2.24, 2.45) is 5.92 Å². The molecule has 3 N–H and O–H groups in total. The average Bonchev–Trinajstić information content (AvgIpc) is 2.11. The predicted molar refractivity (Wildman–Crippen MR) is 47.8 cm³/mol. The van der Waals surface area contributed by atoms with Crippen LogP contribution in [0.3, 0.4) is 0 Å². The van der Waals surface area contributed by atoms with Crippen molar-refractivity contribution in [3.8, 4) is 0 Å². The molecule has 2 unspecified atom stereocenters. The molecular weight excluding hydrogens is 156 g/mol. The third-order valence-corrected chi connectivity index (χ3v) is 2.29. The molecule has 0 amide bonds. The molecule has 12 heavy (non-hydrogen) atoms. The second kappa shape index (κ2) is 6.40. The van der Waals surface area contributed by atoms with E-state index < -0.39 is 12.2 Å². The molecular formula is C9H20O3. The number of hydrogen-bond acceptors (Lipinski definition) is 3. The van der Waals surface area contributed by atoms with Crippen LogP contribution in [0.5, 0.6) is 0 Å². The van der Waals surface area contributed by atoms with E-state index in [1.54, 1.807) is 0 Å². The first kappa shape index (κ1) is 11.9. The fraction of sp³-hybridized carbons (Fsp3) is 1.00. The molecule has 0 aromatic carbocycles. The summed E-state index contributed by atoms with van der Waals surface area (Å²) in [5, 5.41) is 27.7. The smallest absolute Gasteiger partial charge is 0.0591 e. The molecule has 0 fully saturated rings. The minimum absolute atomic E-state index is 0.0266. The second-order valence-electron chi connectivity index (χ2n) is 3.13. The van der Waals surface area contributed by atoms with Crippen molar-refractivity contribution in [1.29, 1.82) is 0 Å². The van der Waals surface area contributed by atoms with Gasteiger partial charge >= 0.3 is 0 Å². The summed E-state index contributed by atoms with van der Waals surface area (Å²) >= 11 is 0. The first-order chi connectivity index (χ1) is 5.67. The topological polar surface area (TPSA) is 60.7 Å². The lowest BCUT2D eigenvalue weighted by molar-refractivity contribution is -0.00293. The Balaban J connectivity index is 4.01. The van der Waals surface area contributed by atoms with E-state index in [1.807, 2.05) is 13.8 Å². The van der Waals surface area contributed by atoms with Gasteiger partial charge < -0.3 is 15.3 Å². The van der Waals surface area contributed by atoms with Crippen LogP contribution in [0.2, 0.25) is 0 Å². The summed E-state index contributed by atoms with van der Waals surface area (Å²) in [6.07, 6.45) is 0.743. The van der Waals surface area contributed by atoms with E-state index in [-0.39, 0.29) is 12.5 Å². The quantitative estimate of drug-likeness (QED) is 0.553. The molecule has 0 saturated heterocycles. The Labute approximate surface area is 74.0 Å². The van der Waals surface area contributed by atoms with Crippen LogP contribution < -0.4 is 0 Å². The molecule has 0 aromatic heterocycles. The van der Waals surface area contributed by atoms with Gasteiger partial charge in [0.2, 0.25) is 0 Å². The fourth-order valence-electron chi connectivity index (χ4n) is 1.40. The van der Waals surface area contributed by atoms with Crippen LogP contribution in [0, 0.1) is 5.92 Å². The Kier molecular flexibility index (Phi) is 6.34. The highest BCUT2D eigenvalue weighted by Crippen LogP contribution is 2.18. The monoisotopic (exact) mass is 176 g/mol. The summed E-state index contributed by atoms with van der Waals surface area (Å²) in [6.45, 7) is 3.77. The van der Waals surface area contributed by atoms with Gasteiger partial charge in [0.1, 0.15) is 0 Å². The van der Waals surface area contributed by atoms with Gasteiger partial charge in [0.15, 0.2) is 0 Å². The van der Waals surface area contributed by atoms with Crippen molar-refractivity contribution in [2.45, 2.75) is 45.3 Å². The predicted octanol–water partition coefficient (Wildman–Crippen LogP) is 0.527. The molecule has 0 heterocycles. The fourth-order valence-corrected chi connectivity index (χ4v) is 1.40. The van der Waals surface area contributed by atoms with Crippen LogP contribution in [-0.2, 0) is 0 Å². The first-order valence-electron chi connectivity index (χ1n) is 4.64. The van der Waals surface area contributed by atoms with Gasteiger partial charge in [-0.05, 0) is 19.3 Å². The minimum atomic E-state index is -0.493. The summed E-state index contributed by atoms with van der Waals surface area (Å²) in [7, 11) is 0. The molecule has 74 valence electrons. The maximum absolute atomic E-state index is 9.48.